The number of carbonyl (C=O) groups excluding carboxylic acids is 1. The van der Waals surface area contributed by atoms with Gasteiger partial charge in [-0.25, -0.2) is 0 Å². The maximum atomic E-state index is 11.9. The molecule has 3 rings (SSSR count). The van der Waals surface area contributed by atoms with Gasteiger partial charge < -0.3 is 10.6 Å². The third-order valence-electron chi connectivity index (χ3n) is 3.71. The molecule has 6 nitrogen and oxygen atoms in total. The van der Waals surface area contributed by atoms with E-state index >= 15 is 0 Å². The number of anilines is 1. The molecule has 0 unspecified atom stereocenters. The van der Waals surface area contributed by atoms with Crippen LogP contribution in [-0.2, 0) is 4.79 Å². The number of nitrogens with one attached hydrogen (secondary N) is 2. The molecule has 0 radical (unpaired) electrons. The third kappa shape index (κ3) is 3.66. The number of hydrogen-bond donors (Lipinski definition) is 2. The first kappa shape index (κ1) is 13.8. The van der Waals surface area contributed by atoms with Gasteiger partial charge >= 0.3 is 0 Å². The minimum absolute atomic E-state index is 0.00753. The zero-order valence-corrected chi connectivity index (χ0v) is 11.8. The van der Waals surface area contributed by atoms with Gasteiger partial charge in [-0.1, -0.05) is 12.8 Å². The van der Waals surface area contributed by atoms with Crippen LogP contribution in [-0.4, -0.2) is 33.5 Å². The van der Waals surface area contributed by atoms with Crippen LogP contribution in [0.15, 0.2) is 36.7 Å². The molecule has 1 heterocycles. The van der Waals surface area contributed by atoms with Gasteiger partial charge in [0.1, 0.15) is 0 Å². The smallest absolute Gasteiger partial charge is 0.238 e. The van der Waals surface area contributed by atoms with Crippen molar-refractivity contribution >= 4 is 11.6 Å². The molecule has 1 fully saturated rings. The Kier molecular flexibility index (Phi) is 4.25. The van der Waals surface area contributed by atoms with Crippen LogP contribution in [0.2, 0.25) is 0 Å². The van der Waals surface area contributed by atoms with Crippen molar-refractivity contribution in [3.05, 3.63) is 36.7 Å². The number of amides is 1. The first-order valence-electron chi connectivity index (χ1n) is 7.31. The summed E-state index contributed by atoms with van der Waals surface area (Å²) in [5.41, 5.74) is 1.64. The summed E-state index contributed by atoms with van der Waals surface area (Å²) in [6, 6.07) is 7.96. The number of rotatable bonds is 5. The Morgan fingerprint density at radius 2 is 1.81 bits per heavy atom. The van der Waals surface area contributed by atoms with Gasteiger partial charge in [-0.05, 0) is 37.1 Å². The Balaban J connectivity index is 1.51. The summed E-state index contributed by atoms with van der Waals surface area (Å²) in [6.45, 7) is 0.368. The van der Waals surface area contributed by atoms with Crippen LogP contribution in [0.1, 0.15) is 25.7 Å². The standard InChI is InChI=1S/C15H19N5O/c21-15(11-16-12-3-1-2-4-12)19-13-5-7-14(8-6-13)20-17-9-10-18-20/h5-10,12,16H,1-4,11H2,(H,19,21). The Labute approximate surface area is 123 Å². The van der Waals surface area contributed by atoms with Gasteiger partial charge in [0.15, 0.2) is 0 Å². The molecular weight excluding hydrogens is 266 g/mol. The average molecular weight is 285 g/mol. The van der Waals surface area contributed by atoms with Crippen LogP contribution in [0.4, 0.5) is 5.69 Å². The monoisotopic (exact) mass is 285 g/mol. The Morgan fingerprint density at radius 1 is 1.14 bits per heavy atom. The number of nitrogens with zero attached hydrogens (tertiary/aromatic N) is 3. The van der Waals surface area contributed by atoms with E-state index in [0.29, 0.717) is 12.6 Å². The maximum absolute atomic E-state index is 11.9. The summed E-state index contributed by atoms with van der Waals surface area (Å²) in [6.07, 6.45) is 8.15. The van der Waals surface area contributed by atoms with E-state index < -0.39 is 0 Å². The van der Waals surface area contributed by atoms with E-state index in [4.69, 9.17) is 0 Å². The van der Waals surface area contributed by atoms with E-state index in [2.05, 4.69) is 20.8 Å². The molecule has 6 heteroatoms. The second kappa shape index (κ2) is 6.49. The van der Waals surface area contributed by atoms with Crippen molar-refractivity contribution in [3.8, 4) is 5.69 Å². The molecule has 0 spiro atoms. The SMILES string of the molecule is O=C(CNC1CCCC1)Nc1ccc(-n2nccn2)cc1. The fraction of sp³-hybridized carbons (Fsp3) is 0.400. The predicted molar refractivity (Wildman–Crippen MR) is 80.2 cm³/mol. The third-order valence-corrected chi connectivity index (χ3v) is 3.71. The molecule has 0 bridgehead atoms. The number of hydrogen-bond acceptors (Lipinski definition) is 4. The van der Waals surface area contributed by atoms with Gasteiger partial charge in [0.25, 0.3) is 0 Å². The molecule has 0 aliphatic heterocycles. The van der Waals surface area contributed by atoms with Crippen molar-refractivity contribution in [2.24, 2.45) is 0 Å². The number of aromatic nitrogens is 3. The number of carbonyl (C=O) groups is 1. The van der Waals surface area contributed by atoms with Gasteiger partial charge in [-0.15, -0.1) is 0 Å². The summed E-state index contributed by atoms with van der Waals surface area (Å²) in [5, 5.41) is 14.3. The van der Waals surface area contributed by atoms with E-state index in [1.165, 1.54) is 30.5 Å². The molecule has 1 aromatic heterocycles. The molecule has 1 aliphatic rings. The summed E-state index contributed by atoms with van der Waals surface area (Å²) >= 11 is 0. The second-order valence-corrected chi connectivity index (χ2v) is 5.28. The van der Waals surface area contributed by atoms with Gasteiger partial charge in [0.2, 0.25) is 5.91 Å². The fourth-order valence-corrected chi connectivity index (χ4v) is 2.60. The van der Waals surface area contributed by atoms with E-state index in [0.717, 1.165) is 11.4 Å². The molecule has 0 atom stereocenters. The molecular formula is C15H19N5O. The average Bonchev–Trinajstić information content (AvgIpc) is 3.19. The van der Waals surface area contributed by atoms with Gasteiger partial charge in [0, 0.05) is 11.7 Å². The topological polar surface area (TPSA) is 71.8 Å². The minimum atomic E-state index is -0.00753. The van der Waals surface area contributed by atoms with Crippen molar-refractivity contribution < 1.29 is 4.79 Å². The summed E-state index contributed by atoms with van der Waals surface area (Å²) < 4.78 is 0. The predicted octanol–water partition coefficient (Wildman–Crippen LogP) is 1.74. The molecule has 2 aromatic rings. The fourth-order valence-electron chi connectivity index (χ4n) is 2.60. The first-order chi connectivity index (χ1) is 10.3. The van der Waals surface area contributed by atoms with Gasteiger partial charge in [0.05, 0.1) is 24.6 Å². The summed E-state index contributed by atoms with van der Waals surface area (Å²) in [7, 11) is 0. The Hall–Kier alpha value is -2.21. The summed E-state index contributed by atoms with van der Waals surface area (Å²) in [4.78, 5) is 13.4. The van der Waals surface area contributed by atoms with Crippen LogP contribution >= 0.6 is 0 Å². The van der Waals surface area contributed by atoms with E-state index in [1.54, 1.807) is 12.4 Å². The van der Waals surface area contributed by atoms with E-state index in [-0.39, 0.29) is 5.91 Å². The van der Waals surface area contributed by atoms with Crippen molar-refractivity contribution in [1.29, 1.82) is 0 Å². The molecule has 21 heavy (non-hydrogen) atoms. The molecule has 1 aliphatic carbocycles. The Morgan fingerprint density at radius 3 is 2.48 bits per heavy atom. The molecule has 1 saturated carbocycles. The van der Waals surface area contributed by atoms with Crippen LogP contribution in [0, 0.1) is 0 Å². The molecule has 2 N–H and O–H groups in total. The lowest BCUT2D eigenvalue weighted by atomic mass is 10.2. The zero-order chi connectivity index (χ0) is 14.5. The van der Waals surface area contributed by atoms with Crippen LogP contribution in [0.25, 0.3) is 5.69 Å². The molecule has 1 aromatic carbocycles. The largest absolute Gasteiger partial charge is 0.325 e. The maximum Gasteiger partial charge on any atom is 0.238 e. The highest BCUT2D eigenvalue weighted by Crippen LogP contribution is 2.17. The lowest BCUT2D eigenvalue weighted by Crippen LogP contribution is -2.34. The van der Waals surface area contributed by atoms with Crippen molar-refractivity contribution in [3.63, 3.8) is 0 Å². The molecule has 110 valence electrons. The van der Waals surface area contributed by atoms with Crippen LogP contribution in [0.3, 0.4) is 0 Å². The highest BCUT2D eigenvalue weighted by molar-refractivity contribution is 5.92. The van der Waals surface area contributed by atoms with Gasteiger partial charge in [-0.3, -0.25) is 4.79 Å². The first-order valence-corrected chi connectivity index (χ1v) is 7.31. The van der Waals surface area contributed by atoms with Crippen LogP contribution < -0.4 is 10.6 Å². The molecule has 1 amide bonds. The van der Waals surface area contributed by atoms with Crippen molar-refractivity contribution in [2.75, 3.05) is 11.9 Å². The lowest BCUT2D eigenvalue weighted by molar-refractivity contribution is -0.115. The van der Waals surface area contributed by atoms with Crippen molar-refractivity contribution in [1.82, 2.24) is 20.3 Å². The lowest BCUT2D eigenvalue weighted by Gasteiger charge is -2.11. The second-order valence-electron chi connectivity index (χ2n) is 5.28. The van der Waals surface area contributed by atoms with Crippen LogP contribution in [0.5, 0.6) is 0 Å². The zero-order valence-electron chi connectivity index (χ0n) is 11.8. The highest BCUT2D eigenvalue weighted by Gasteiger charge is 2.15. The van der Waals surface area contributed by atoms with E-state index in [9.17, 15) is 4.79 Å². The van der Waals surface area contributed by atoms with E-state index in [1.807, 2.05) is 24.3 Å². The molecule has 0 saturated heterocycles. The normalized spacial score (nSPS) is 15.2. The van der Waals surface area contributed by atoms with Crippen molar-refractivity contribution in [2.45, 2.75) is 31.7 Å². The highest BCUT2D eigenvalue weighted by atomic mass is 16.1. The Bertz CT molecular complexity index is 573. The minimum Gasteiger partial charge on any atom is -0.325 e. The van der Waals surface area contributed by atoms with Gasteiger partial charge in [-0.2, -0.15) is 15.0 Å². The quantitative estimate of drug-likeness (QED) is 0.877. The summed E-state index contributed by atoms with van der Waals surface area (Å²) in [5.74, 6) is -0.00753. The number of benzene rings is 1.